The summed E-state index contributed by atoms with van der Waals surface area (Å²) in [7, 11) is -1.46. The number of ether oxygens (including phenoxy) is 3. The van der Waals surface area contributed by atoms with Crippen molar-refractivity contribution in [2.45, 2.75) is 365 Å². The van der Waals surface area contributed by atoms with Gasteiger partial charge in [0.1, 0.15) is 23.1 Å². The number of aromatic nitrogens is 4. The molecule has 0 bridgehead atoms. The van der Waals surface area contributed by atoms with Gasteiger partial charge in [0.2, 0.25) is 0 Å². The fraction of sp³-hybridized carbons (Fsp3) is 0.583. The Labute approximate surface area is 770 Å². The predicted molar refractivity (Wildman–Crippen MR) is 524 cm³/mol. The first-order valence-electron chi connectivity index (χ1n) is 46.9. The van der Waals surface area contributed by atoms with E-state index in [1.165, 1.54) is 180 Å². The molecule has 0 saturated carbocycles. The maximum absolute atomic E-state index is 6.61. The van der Waals surface area contributed by atoms with Gasteiger partial charge in [-0.2, -0.15) is 20.8 Å². The average Bonchev–Trinajstić information content (AvgIpc) is 1.60. The number of unbranched alkanes of at least 4 members (excludes halogenated alkanes) is 20. The van der Waals surface area contributed by atoms with Crippen LogP contribution in [0.15, 0.2) is 130 Å². The molecular weight excluding hydrogens is 1650 g/mol. The van der Waals surface area contributed by atoms with E-state index in [2.05, 4.69) is 266 Å². The molecule has 4 aliphatic rings. The minimum atomic E-state index is -0.523. The molecule has 2 aromatic heterocycles. The van der Waals surface area contributed by atoms with E-state index in [9.17, 15) is 0 Å². The normalized spacial score (nSPS) is 16.6. The summed E-state index contributed by atoms with van der Waals surface area (Å²) in [6, 6.07) is 43.8. The fourth-order valence-electron chi connectivity index (χ4n) is 16.1. The van der Waals surface area contributed by atoms with Crippen molar-refractivity contribution in [2.24, 2.45) is 0 Å². The quantitative estimate of drug-likeness (QED) is 0.0160. The molecule has 0 unspecified atom stereocenters. The van der Waals surface area contributed by atoms with Crippen LogP contribution in [0.5, 0.6) is 11.5 Å². The SMILES string of the molecule is C1CCOC1.CC(C)OB1OC(C)(C)C(C)(C)O1.CCCCCCCCOc1ccc(-c2nc3c4cc(B5OC(C)(C)C(C)(C)O5)ccc4c4ccc(B5OC(C)(C)C(C)(C)O5)cc4c3n2CCCCCCCC)cc1.CCCCCCCCOc1ccc(-c2nc3c4cc(Br)ccc4c4ccc(Br)cc4c3n2CCCCCCCC)cc1.C[C-](C)C.[Li+]. The Morgan fingerprint density at radius 2 is 0.683 bits per heavy atom. The third-order valence-electron chi connectivity index (χ3n) is 25.3. The van der Waals surface area contributed by atoms with Crippen molar-refractivity contribution in [3.63, 3.8) is 0 Å². The van der Waals surface area contributed by atoms with Gasteiger partial charge < -0.3 is 61.8 Å². The van der Waals surface area contributed by atoms with E-state index < -0.39 is 44.0 Å². The van der Waals surface area contributed by atoms with Crippen LogP contribution in [0.1, 0.15) is 312 Å². The van der Waals surface area contributed by atoms with Crippen molar-refractivity contribution in [1.82, 2.24) is 19.1 Å². The summed E-state index contributed by atoms with van der Waals surface area (Å²) in [5.74, 6) is 5.28. The molecule has 8 aromatic carbocycles. The third kappa shape index (κ3) is 27.0. The molecule has 6 heterocycles. The van der Waals surface area contributed by atoms with Gasteiger partial charge in [0, 0.05) is 74.0 Å². The Kier molecular flexibility index (Phi) is 39.1. The molecule has 123 heavy (non-hydrogen) atoms. The Hall–Kier alpha value is -5.23. The molecular formula is C103H148B3Br2LiN4O10. The number of rotatable bonds is 36. The molecule has 20 heteroatoms. The van der Waals surface area contributed by atoms with Crippen LogP contribution in [0, 0.1) is 5.92 Å². The van der Waals surface area contributed by atoms with E-state index in [4.69, 9.17) is 56.8 Å². The van der Waals surface area contributed by atoms with Crippen LogP contribution in [0.3, 0.4) is 0 Å². The van der Waals surface area contributed by atoms with E-state index >= 15 is 0 Å². The van der Waals surface area contributed by atoms with E-state index in [1.54, 1.807) is 0 Å². The smallest absolute Gasteiger partial charge is 0.494 e. The summed E-state index contributed by atoms with van der Waals surface area (Å²) in [6.45, 7) is 49.5. The second kappa shape index (κ2) is 47.4. The van der Waals surface area contributed by atoms with Crippen LogP contribution in [0.2, 0.25) is 0 Å². The molecule has 0 N–H and O–H groups in total. The molecule has 4 fully saturated rings. The zero-order valence-corrected chi connectivity index (χ0v) is 82.8. The van der Waals surface area contributed by atoms with E-state index in [0.29, 0.717) is 0 Å². The molecule has 0 atom stereocenters. The molecule has 0 spiro atoms. The zero-order valence-electron chi connectivity index (χ0n) is 79.6. The van der Waals surface area contributed by atoms with Gasteiger partial charge in [0.25, 0.3) is 0 Å². The number of hydrogen-bond donors (Lipinski definition) is 0. The third-order valence-corrected chi connectivity index (χ3v) is 26.3. The molecule has 0 amide bonds. The zero-order chi connectivity index (χ0) is 88.0. The first kappa shape index (κ1) is 102. The number of nitrogens with zero attached hydrogens (tertiary/aromatic N) is 4. The van der Waals surface area contributed by atoms with Crippen LogP contribution >= 0.6 is 31.9 Å². The molecule has 14 rings (SSSR count). The topological polar surface area (TPSA) is 128 Å². The van der Waals surface area contributed by atoms with Crippen LogP contribution in [0.25, 0.3) is 87.9 Å². The van der Waals surface area contributed by atoms with Crippen molar-refractivity contribution < 1.29 is 65.7 Å². The van der Waals surface area contributed by atoms with Crippen molar-refractivity contribution in [3.8, 4) is 34.3 Å². The van der Waals surface area contributed by atoms with Gasteiger partial charge in [-0.15, -0.1) is 0 Å². The summed E-state index contributed by atoms with van der Waals surface area (Å²) in [6.07, 6.45) is 32.7. The summed E-state index contributed by atoms with van der Waals surface area (Å²) < 4.78 is 67.5. The van der Waals surface area contributed by atoms with Crippen LogP contribution in [-0.2, 0) is 50.4 Å². The number of fused-ring (bicyclic) bond motifs is 12. The van der Waals surface area contributed by atoms with Crippen molar-refractivity contribution >= 4 is 130 Å². The average molecular weight is 1800 g/mol. The van der Waals surface area contributed by atoms with Gasteiger partial charge in [-0.3, -0.25) is 0 Å². The number of halogens is 2. The molecule has 0 aliphatic carbocycles. The largest absolute Gasteiger partial charge is 1.00 e. The number of benzene rings is 8. The maximum atomic E-state index is 6.61. The maximum Gasteiger partial charge on any atom is 1.00 e. The Morgan fingerprint density at radius 1 is 0.382 bits per heavy atom. The molecule has 10 aromatic rings. The Bertz CT molecular complexity index is 4870. The minimum Gasteiger partial charge on any atom is -0.494 e. The van der Waals surface area contributed by atoms with Crippen molar-refractivity contribution in [1.29, 1.82) is 0 Å². The minimum absolute atomic E-state index is 0. The van der Waals surface area contributed by atoms with Gasteiger partial charge in [-0.05, 0) is 241 Å². The number of imidazole rings is 2. The van der Waals surface area contributed by atoms with Crippen LogP contribution in [-0.4, -0.2) is 107 Å². The van der Waals surface area contributed by atoms with Gasteiger partial charge in [0.15, 0.2) is 0 Å². The second-order valence-electron chi connectivity index (χ2n) is 38.1. The van der Waals surface area contributed by atoms with E-state index in [-0.39, 0.29) is 36.2 Å². The van der Waals surface area contributed by atoms with Crippen molar-refractivity contribution in [3.05, 3.63) is 136 Å². The first-order valence-corrected chi connectivity index (χ1v) is 48.5. The molecule has 4 aliphatic heterocycles. The van der Waals surface area contributed by atoms with Gasteiger partial charge in [0.05, 0.1) is 68.9 Å². The van der Waals surface area contributed by atoms with Gasteiger partial charge >= 0.3 is 40.4 Å². The van der Waals surface area contributed by atoms with Crippen LogP contribution < -0.4 is 39.3 Å². The van der Waals surface area contributed by atoms with Gasteiger partial charge in [-0.25, -0.2) is 9.97 Å². The number of hydrogen-bond acceptors (Lipinski definition) is 12. The Balaban J connectivity index is 0.000000228. The first-order chi connectivity index (χ1) is 58.2. The Morgan fingerprint density at radius 3 is 1.03 bits per heavy atom. The summed E-state index contributed by atoms with van der Waals surface area (Å²) in [5, 5.41) is 9.52. The van der Waals surface area contributed by atoms with E-state index in [1.807, 2.05) is 41.5 Å². The van der Waals surface area contributed by atoms with E-state index in [0.717, 1.165) is 152 Å². The standard InChI is InChI=1S/C49H68B2N2O5.C37H44Br2N2O.C9H19BO3.C4H8O.C4H9.Li/c1-11-13-15-17-19-21-31-53-44-42-34-37(51-57-48(7,8)49(9,10)58-51)26-30-40(42)39-29-25-36(50-55-46(3,4)47(5,6)56-50)33-41(39)43(44)52-45(53)35-23-27-38(28-24-35)54-32-22-20-18-16-14-12-2;1-3-5-7-9-11-13-23-41-36-34-26-29(39)18-22-32(34)31-21-17-28(38)25-33(31)35(36)40-37(41)27-15-19-30(20-16-27)42-24-14-12-10-8-6-4-2;1-7(2)11-10-12-8(3,4)9(5,6)13-10;1-2-4-5-3-1;1-4(2)3;/h23-30,33-34H,11-22,31-32H2,1-10H3;15-22,25-26H,3-14,23-24H2,1-2H3;7H,1-6H3;1-4H2;1-3H3;/q;;;;-1;+1. The van der Waals surface area contributed by atoms with Gasteiger partial charge in [-0.1, -0.05) is 237 Å². The number of aryl methyl sites for hydroxylation is 2. The predicted octanol–water partition coefficient (Wildman–Crippen LogP) is 25.8. The summed E-state index contributed by atoms with van der Waals surface area (Å²) in [4.78, 5) is 11.0. The fourth-order valence-corrected chi connectivity index (χ4v) is 16.8. The van der Waals surface area contributed by atoms with Crippen LogP contribution in [0.4, 0.5) is 0 Å². The molecule has 14 nitrogen and oxygen atoms in total. The van der Waals surface area contributed by atoms with Crippen molar-refractivity contribution in [2.75, 3.05) is 26.4 Å². The summed E-state index contributed by atoms with van der Waals surface area (Å²) >= 11 is 7.49. The monoisotopic (exact) mass is 1800 g/mol. The molecule has 0 radical (unpaired) electrons. The molecule has 664 valence electrons. The summed E-state index contributed by atoms with van der Waals surface area (Å²) in [5.41, 5.74) is 6.30. The second-order valence-corrected chi connectivity index (χ2v) is 39.9. The molecule has 4 saturated heterocycles.